The van der Waals surface area contributed by atoms with Crippen LogP contribution in [0, 0.1) is 0 Å². The molecule has 40 heavy (non-hydrogen) atoms. The van der Waals surface area contributed by atoms with Crippen molar-refractivity contribution in [3.8, 4) is 11.5 Å². The predicted molar refractivity (Wildman–Crippen MR) is 153 cm³/mol. The molecule has 1 aliphatic heterocycles. The van der Waals surface area contributed by atoms with Gasteiger partial charge in [-0.25, -0.2) is 4.79 Å². The van der Waals surface area contributed by atoms with Crippen molar-refractivity contribution in [1.82, 2.24) is 9.80 Å². The number of rotatable bonds is 10. The highest BCUT2D eigenvalue weighted by Crippen LogP contribution is 2.28. The highest BCUT2D eigenvalue weighted by molar-refractivity contribution is 5.76. The monoisotopic (exact) mass is 538 g/mol. The third-order valence-corrected chi connectivity index (χ3v) is 7.15. The van der Waals surface area contributed by atoms with Gasteiger partial charge in [0.1, 0.15) is 36.9 Å². The van der Waals surface area contributed by atoms with Crippen molar-refractivity contribution >= 4 is 6.03 Å². The number of benzene rings is 4. The Labute approximate surface area is 234 Å². The Morgan fingerprint density at radius 3 is 1.20 bits per heavy atom. The van der Waals surface area contributed by atoms with E-state index in [9.17, 15) is 15.0 Å². The van der Waals surface area contributed by atoms with Crippen LogP contribution in [0.15, 0.2) is 121 Å². The van der Waals surface area contributed by atoms with Gasteiger partial charge in [-0.3, -0.25) is 0 Å². The van der Waals surface area contributed by atoms with Crippen LogP contribution in [-0.4, -0.2) is 63.5 Å². The fraction of sp³-hybridized carbons (Fsp3) is 0.242. The minimum Gasteiger partial charge on any atom is -0.491 e. The zero-order valence-corrected chi connectivity index (χ0v) is 22.2. The second-order valence-corrected chi connectivity index (χ2v) is 9.87. The minimum atomic E-state index is -1.29. The first-order valence-electron chi connectivity index (χ1n) is 13.5. The van der Waals surface area contributed by atoms with E-state index in [0.717, 1.165) is 11.1 Å². The van der Waals surface area contributed by atoms with Crippen molar-refractivity contribution in [2.45, 2.75) is 37.4 Å². The summed E-state index contributed by atoms with van der Waals surface area (Å²) in [5.74, 6) is 1.23. The topological polar surface area (TPSA) is 82.5 Å². The molecule has 2 N–H and O–H groups in total. The zero-order chi connectivity index (χ0) is 27.7. The van der Waals surface area contributed by atoms with Gasteiger partial charge >= 0.3 is 6.03 Å². The number of aliphatic hydroxyl groups is 2. The average Bonchev–Trinajstić information content (AvgIpc) is 3.07. The van der Waals surface area contributed by atoms with Crippen LogP contribution >= 0.6 is 0 Å². The standard InChI is InChI=1S/C33H34N2O5/c36-31-29(23-39-27-17-9-3-10-18-27)34(21-25-13-5-1-6-14-25)33(38)35(22-26-15-7-2-8-16-26)30(32(31)37)24-40-28-19-11-4-12-20-28/h1-20,29-32,36-37H,21-24H2/t29-,30-,31-,32-/m1/s1. The number of aliphatic hydroxyl groups excluding tert-OH is 2. The molecule has 0 radical (unpaired) electrons. The van der Waals surface area contributed by atoms with E-state index in [1.807, 2.05) is 121 Å². The minimum absolute atomic E-state index is 0.00620. The summed E-state index contributed by atoms with van der Waals surface area (Å²) in [5.41, 5.74) is 1.81. The maximum Gasteiger partial charge on any atom is 0.321 e. The molecule has 1 aliphatic rings. The van der Waals surface area contributed by atoms with Crippen LogP contribution in [0.5, 0.6) is 11.5 Å². The fourth-order valence-electron chi connectivity index (χ4n) is 4.98. The van der Waals surface area contributed by atoms with Crippen LogP contribution in [0.3, 0.4) is 0 Å². The fourth-order valence-corrected chi connectivity index (χ4v) is 4.98. The molecule has 4 atom stereocenters. The maximum absolute atomic E-state index is 14.4. The molecule has 1 fully saturated rings. The quantitative estimate of drug-likeness (QED) is 0.305. The Balaban J connectivity index is 1.50. The van der Waals surface area contributed by atoms with Crippen LogP contribution in [0.4, 0.5) is 4.79 Å². The lowest BCUT2D eigenvalue weighted by molar-refractivity contribution is -0.0565. The van der Waals surface area contributed by atoms with E-state index in [4.69, 9.17) is 9.47 Å². The summed E-state index contributed by atoms with van der Waals surface area (Å²) in [6.07, 6.45) is -2.58. The molecule has 1 heterocycles. The number of urea groups is 1. The average molecular weight is 539 g/mol. The van der Waals surface area contributed by atoms with Crippen molar-refractivity contribution in [2.75, 3.05) is 13.2 Å². The summed E-state index contributed by atoms with van der Waals surface area (Å²) in [6, 6.07) is 35.8. The second-order valence-electron chi connectivity index (χ2n) is 9.87. The van der Waals surface area contributed by atoms with Crippen molar-refractivity contribution in [3.05, 3.63) is 132 Å². The Morgan fingerprint density at radius 1 is 0.525 bits per heavy atom. The summed E-state index contributed by atoms with van der Waals surface area (Å²) in [6.45, 7) is 0.492. The van der Waals surface area contributed by atoms with Crippen molar-refractivity contribution in [1.29, 1.82) is 0 Å². The van der Waals surface area contributed by atoms with Gasteiger partial charge < -0.3 is 29.5 Å². The first-order chi connectivity index (χ1) is 19.6. The first kappa shape index (κ1) is 27.2. The number of hydrogen-bond donors (Lipinski definition) is 2. The van der Waals surface area contributed by atoms with Crippen molar-refractivity contribution < 1.29 is 24.5 Å². The lowest BCUT2D eigenvalue weighted by Gasteiger charge is -2.35. The Kier molecular flexibility index (Phi) is 8.96. The van der Waals surface area contributed by atoms with Gasteiger partial charge in [-0.1, -0.05) is 97.1 Å². The van der Waals surface area contributed by atoms with Crippen LogP contribution in [0.2, 0.25) is 0 Å². The summed E-state index contributed by atoms with van der Waals surface area (Å²) >= 11 is 0. The Morgan fingerprint density at radius 2 is 0.850 bits per heavy atom. The number of amides is 2. The smallest absolute Gasteiger partial charge is 0.321 e. The predicted octanol–water partition coefficient (Wildman–Crippen LogP) is 4.74. The lowest BCUT2D eigenvalue weighted by atomic mass is 9.99. The van der Waals surface area contributed by atoms with Gasteiger partial charge in [0.05, 0.1) is 12.1 Å². The number of carbonyl (C=O) groups is 1. The Bertz CT molecular complexity index is 1220. The molecule has 0 aromatic heterocycles. The van der Waals surface area contributed by atoms with Gasteiger partial charge in [0.25, 0.3) is 0 Å². The van der Waals surface area contributed by atoms with E-state index in [1.165, 1.54) is 0 Å². The van der Waals surface area contributed by atoms with Gasteiger partial charge in [0.2, 0.25) is 0 Å². The summed E-state index contributed by atoms with van der Waals surface area (Å²) < 4.78 is 12.1. The molecular weight excluding hydrogens is 504 g/mol. The molecule has 4 aromatic carbocycles. The zero-order valence-electron chi connectivity index (χ0n) is 22.2. The number of para-hydroxylation sites is 2. The molecular formula is C33H34N2O5. The van der Waals surface area contributed by atoms with E-state index in [1.54, 1.807) is 9.80 Å². The highest BCUT2D eigenvalue weighted by atomic mass is 16.5. The number of carbonyl (C=O) groups excluding carboxylic acids is 1. The first-order valence-corrected chi connectivity index (χ1v) is 13.5. The molecule has 0 bridgehead atoms. The number of ether oxygens (including phenoxy) is 2. The molecule has 206 valence electrons. The molecule has 7 nitrogen and oxygen atoms in total. The van der Waals surface area contributed by atoms with E-state index in [0.29, 0.717) is 11.5 Å². The molecule has 0 aliphatic carbocycles. The number of nitrogens with zero attached hydrogens (tertiary/aromatic N) is 2. The summed E-state index contributed by atoms with van der Waals surface area (Å²) in [4.78, 5) is 17.6. The molecule has 2 amide bonds. The van der Waals surface area contributed by atoms with Crippen molar-refractivity contribution in [2.24, 2.45) is 0 Å². The van der Waals surface area contributed by atoms with Crippen LogP contribution in [-0.2, 0) is 13.1 Å². The second kappa shape index (κ2) is 13.2. The van der Waals surface area contributed by atoms with E-state index in [-0.39, 0.29) is 32.3 Å². The van der Waals surface area contributed by atoms with Crippen molar-refractivity contribution in [3.63, 3.8) is 0 Å². The molecule has 0 saturated carbocycles. The lowest BCUT2D eigenvalue weighted by Crippen LogP contribution is -2.52. The van der Waals surface area contributed by atoms with Gasteiger partial charge in [-0.05, 0) is 35.4 Å². The maximum atomic E-state index is 14.4. The van der Waals surface area contributed by atoms with Gasteiger partial charge in [-0.2, -0.15) is 0 Å². The normalized spacial score (nSPS) is 21.1. The van der Waals surface area contributed by atoms with Crippen LogP contribution < -0.4 is 9.47 Å². The van der Waals surface area contributed by atoms with Gasteiger partial charge in [-0.15, -0.1) is 0 Å². The van der Waals surface area contributed by atoms with Crippen LogP contribution in [0.1, 0.15) is 11.1 Å². The van der Waals surface area contributed by atoms with Crippen LogP contribution in [0.25, 0.3) is 0 Å². The molecule has 5 rings (SSSR count). The molecule has 0 unspecified atom stereocenters. The molecule has 4 aromatic rings. The van der Waals surface area contributed by atoms with E-state index >= 15 is 0 Å². The summed E-state index contributed by atoms with van der Waals surface area (Å²) in [5, 5.41) is 23.2. The summed E-state index contributed by atoms with van der Waals surface area (Å²) in [7, 11) is 0. The SMILES string of the molecule is O=C1N(Cc2ccccc2)[C@H](COc2ccccc2)[C@@H](O)[C@H](O)[C@@H](COc2ccccc2)N1Cc1ccccc1. The third kappa shape index (κ3) is 6.62. The van der Waals surface area contributed by atoms with E-state index < -0.39 is 24.3 Å². The highest BCUT2D eigenvalue weighted by Gasteiger charge is 2.47. The molecule has 7 heteroatoms. The van der Waals surface area contributed by atoms with E-state index in [2.05, 4.69) is 0 Å². The largest absolute Gasteiger partial charge is 0.491 e. The molecule has 1 saturated heterocycles. The van der Waals surface area contributed by atoms with Gasteiger partial charge in [0.15, 0.2) is 0 Å². The number of hydrogen-bond acceptors (Lipinski definition) is 5. The Hall–Kier alpha value is -4.33. The van der Waals surface area contributed by atoms with Gasteiger partial charge in [0, 0.05) is 13.1 Å². The third-order valence-electron chi connectivity index (χ3n) is 7.15. The molecule has 0 spiro atoms.